The Kier molecular flexibility index (Phi) is 4.78. The quantitative estimate of drug-likeness (QED) is 0.853. The van der Waals surface area contributed by atoms with E-state index in [-0.39, 0.29) is 0 Å². The summed E-state index contributed by atoms with van der Waals surface area (Å²) in [6.07, 6.45) is 7.28. The fraction of sp³-hybridized carbons (Fsp3) is 0.647. The molecule has 0 atom stereocenters. The van der Waals surface area contributed by atoms with Crippen LogP contribution < -0.4 is 10.1 Å². The van der Waals surface area contributed by atoms with E-state index in [1.54, 1.807) is 7.11 Å². The second-order valence-corrected chi connectivity index (χ2v) is 6.82. The molecule has 4 rings (SSSR count). The molecule has 1 saturated carbocycles. The van der Waals surface area contributed by atoms with E-state index in [0.717, 1.165) is 50.0 Å². The van der Waals surface area contributed by atoms with Crippen molar-refractivity contribution < 1.29 is 9.26 Å². The van der Waals surface area contributed by atoms with Crippen molar-refractivity contribution in [3.05, 3.63) is 24.1 Å². The highest BCUT2D eigenvalue weighted by molar-refractivity contribution is 5.38. The molecule has 1 aliphatic carbocycles. The Labute approximate surface area is 147 Å². The molecule has 0 spiro atoms. The van der Waals surface area contributed by atoms with Crippen molar-refractivity contribution >= 4 is 5.82 Å². The fourth-order valence-corrected chi connectivity index (χ4v) is 3.33. The topological polar surface area (TPSA) is 89.2 Å². The molecule has 8 heteroatoms. The van der Waals surface area contributed by atoms with Crippen LogP contribution in [0.5, 0.6) is 5.88 Å². The molecule has 0 amide bonds. The third-order valence-electron chi connectivity index (χ3n) is 5.09. The van der Waals surface area contributed by atoms with Gasteiger partial charge in [-0.1, -0.05) is 11.6 Å². The van der Waals surface area contributed by atoms with Crippen LogP contribution >= 0.6 is 0 Å². The summed E-state index contributed by atoms with van der Waals surface area (Å²) in [6.45, 7) is 2.78. The number of likely N-dealkylation sites (tertiary alicyclic amines) is 1. The van der Waals surface area contributed by atoms with Crippen LogP contribution in [-0.4, -0.2) is 51.2 Å². The zero-order chi connectivity index (χ0) is 17.1. The van der Waals surface area contributed by atoms with Crippen molar-refractivity contribution in [1.29, 1.82) is 0 Å². The minimum Gasteiger partial charge on any atom is -0.481 e. The first kappa shape index (κ1) is 16.3. The first-order valence-corrected chi connectivity index (χ1v) is 8.97. The minimum absolute atomic E-state index is 0.409. The Bertz CT molecular complexity index is 694. The van der Waals surface area contributed by atoms with E-state index in [4.69, 9.17) is 9.26 Å². The molecule has 3 heterocycles. The largest absolute Gasteiger partial charge is 0.481 e. The van der Waals surface area contributed by atoms with Gasteiger partial charge in [-0.25, -0.2) is 9.97 Å². The molecule has 2 fully saturated rings. The molecule has 8 nitrogen and oxygen atoms in total. The zero-order valence-corrected chi connectivity index (χ0v) is 14.5. The Hall–Kier alpha value is -2.22. The number of nitrogens with zero attached hydrogens (tertiary/aromatic N) is 5. The third kappa shape index (κ3) is 3.89. The molecule has 134 valence electrons. The highest BCUT2D eigenvalue weighted by Gasteiger charge is 2.26. The number of hydrogen-bond donors (Lipinski definition) is 1. The van der Waals surface area contributed by atoms with Crippen LogP contribution in [0.15, 0.2) is 16.9 Å². The molecule has 2 aromatic heterocycles. The summed E-state index contributed by atoms with van der Waals surface area (Å²) in [4.78, 5) is 15.2. The molecule has 0 bridgehead atoms. The average Bonchev–Trinajstić information content (AvgIpc) is 3.03. The summed E-state index contributed by atoms with van der Waals surface area (Å²) in [5.41, 5.74) is 0. The summed E-state index contributed by atoms with van der Waals surface area (Å²) >= 11 is 0. The highest BCUT2D eigenvalue weighted by Crippen LogP contribution is 2.35. The number of piperidine rings is 1. The van der Waals surface area contributed by atoms with Crippen LogP contribution in [0.25, 0.3) is 0 Å². The lowest BCUT2D eigenvalue weighted by Crippen LogP contribution is -2.39. The molecular formula is C17H24N6O2. The normalized spacial score (nSPS) is 19.6. The van der Waals surface area contributed by atoms with Gasteiger partial charge in [-0.2, -0.15) is 4.98 Å². The Morgan fingerprint density at radius 2 is 2.08 bits per heavy atom. The van der Waals surface area contributed by atoms with Crippen LogP contribution in [0.2, 0.25) is 0 Å². The van der Waals surface area contributed by atoms with Gasteiger partial charge in [0.1, 0.15) is 12.1 Å². The average molecular weight is 344 g/mol. The molecule has 0 unspecified atom stereocenters. The molecule has 0 radical (unpaired) electrons. The predicted molar refractivity (Wildman–Crippen MR) is 91.4 cm³/mol. The van der Waals surface area contributed by atoms with Crippen LogP contribution in [-0.2, 0) is 6.54 Å². The van der Waals surface area contributed by atoms with Gasteiger partial charge in [0.2, 0.25) is 11.8 Å². The van der Waals surface area contributed by atoms with Crippen LogP contribution in [0.4, 0.5) is 5.82 Å². The van der Waals surface area contributed by atoms with Gasteiger partial charge in [0.15, 0.2) is 5.82 Å². The standard InChI is InChI=1S/C17H24N6O2/c1-24-16-9-14(18-11-19-16)20-13-5-7-23(8-6-13)10-15-21-17(25-22-15)12-3-2-4-12/h9,11-13H,2-8,10H2,1H3,(H,18,19,20). The Balaban J connectivity index is 1.25. The van der Waals surface area contributed by atoms with Gasteiger partial charge in [0, 0.05) is 31.1 Å². The lowest BCUT2D eigenvalue weighted by atomic mass is 9.85. The van der Waals surface area contributed by atoms with Crippen LogP contribution in [0.1, 0.15) is 49.7 Å². The van der Waals surface area contributed by atoms with Gasteiger partial charge in [-0.15, -0.1) is 0 Å². The summed E-state index contributed by atoms with van der Waals surface area (Å²) < 4.78 is 10.5. The Morgan fingerprint density at radius 3 is 2.80 bits per heavy atom. The zero-order valence-electron chi connectivity index (χ0n) is 14.5. The maximum absolute atomic E-state index is 5.41. The van der Waals surface area contributed by atoms with E-state index < -0.39 is 0 Å². The third-order valence-corrected chi connectivity index (χ3v) is 5.09. The lowest BCUT2D eigenvalue weighted by molar-refractivity contribution is 0.203. The summed E-state index contributed by atoms with van der Waals surface area (Å²) in [7, 11) is 1.61. The molecule has 1 aliphatic heterocycles. The second kappa shape index (κ2) is 7.35. The van der Waals surface area contributed by atoms with E-state index in [2.05, 4.69) is 30.3 Å². The first-order valence-electron chi connectivity index (χ1n) is 8.97. The van der Waals surface area contributed by atoms with Crippen molar-refractivity contribution in [3.63, 3.8) is 0 Å². The first-order chi connectivity index (χ1) is 12.3. The molecule has 2 aromatic rings. The summed E-state index contributed by atoms with van der Waals surface area (Å²) in [6, 6.07) is 2.24. The Morgan fingerprint density at radius 1 is 1.24 bits per heavy atom. The van der Waals surface area contributed by atoms with Gasteiger partial charge in [0.05, 0.1) is 13.7 Å². The molecule has 1 N–H and O–H groups in total. The van der Waals surface area contributed by atoms with E-state index in [9.17, 15) is 0 Å². The number of aromatic nitrogens is 4. The van der Waals surface area contributed by atoms with Crippen molar-refractivity contribution in [2.45, 2.75) is 50.6 Å². The summed E-state index contributed by atoms with van der Waals surface area (Å²) in [5.74, 6) is 3.54. The maximum Gasteiger partial charge on any atom is 0.229 e. The smallest absolute Gasteiger partial charge is 0.229 e. The summed E-state index contributed by atoms with van der Waals surface area (Å²) in [5, 5.41) is 7.61. The number of anilines is 1. The molecular weight excluding hydrogens is 320 g/mol. The van der Waals surface area contributed by atoms with E-state index in [1.165, 1.54) is 25.6 Å². The van der Waals surface area contributed by atoms with Crippen molar-refractivity contribution in [1.82, 2.24) is 25.0 Å². The molecule has 0 aromatic carbocycles. The monoisotopic (exact) mass is 344 g/mol. The van der Waals surface area contributed by atoms with Crippen LogP contribution in [0.3, 0.4) is 0 Å². The number of hydrogen-bond acceptors (Lipinski definition) is 8. The molecule has 1 saturated heterocycles. The lowest BCUT2D eigenvalue weighted by Gasteiger charge is -2.31. The maximum atomic E-state index is 5.41. The number of nitrogens with one attached hydrogen (secondary N) is 1. The van der Waals surface area contributed by atoms with E-state index in [0.29, 0.717) is 17.8 Å². The van der Waals surface area contributed by atoms with Crippen LogP contribution in [0, 0.1) is 0 Å². The van der Waals surface area contributed by atoms with Gasteiger partial charge in [-0.05, 0) is 25.7 Å². The second-order valence-electron chi connectivity index (χ2n) is 6.82. The number of ether oxygens (including phenoxy) is 1. The number of methoxy groups -OCH3 is 1. The van der Waals surface area contributed by atoms with Gasteiger partial charge >= 0.3 is 0 Å². The van der Waals surface area contributed by atoms with Gasteiger partial charge in [-0.3, -0.25) is 4.90 Å². The predicted octanol–water partition coefficient (Wildman–Crippen LogP) is 2.21. The van der Waals surface area contributed by atoms with Crippen molar-refractivity contribution in [2.75, 3.05) is 25.5 Å². The fourth-order valence-electron chi connectivity index (χ4n) is 3.33. The van der Waals surface area contributed by atoms with Crippen molar-refractivity contribution in [3.8, 4) is 5.88 Å². The van der Waals surface area contributed by atoms with E-state index in [1.807, 2.05) is 6.07 Å². The highest BCUT2D eigenvalue weighted by atomic mass is 16.5. The van der Waals surface area contributed by atoms with E-state index >= 15 is 0 Å². The SMILES string of the molecule is COc1cc(NC2CCN(Cc3noc(C4CCC4)n3)CC2)ncn1. The van der Waals surface area contributed by atoms with Crippen molar-refractivity contribution in [2.24, 2.45) is 0 Å². The molecule has 25 heavy (non-hydrogen) atoms. The number of rotatable bonds is 6. The van der Waals surface area contributed by atoms with Gasteiger partial charge in [0.25, 0.3) is 0 Å². The minimum atomic E-state index is 0.409. The van der Waals surface area contributed by atoms with Gasteiger partial charge < -0.3 is 14.6 Å². The molecule has 2 aliphatic rings.